The van der Waals surface area contributed by atoms with Crippen LogP contribution in [0.4, 0.5) is 4.39 Å². The van der Waals surface area contributed by atoms with Gasteiger partial charge in [0.05, 0.1) is 5.56 Å². The lowest BCUT2D eigenvalue weighted by Gasteiger charge is -2.08. The van der Waals surface area contributed by atoms with Crippen molar-refractivity contribution in [3.05, 3.63) is 71.6 Å². The van der Waals surface area contributed by atoms with E-state index in [2.05, 4.69) is 10.9 Å². The van der Waals surface area contributed by atoms with E-state index in [1.807, 2.05) is 6.07 Å². The third-order valence-electron chi connectivity index (χ3n) is 3.01. The molecule has 25 heavy (non-hydrogen) atoms. The fraction of sp³-hybridized carbons (Fsp3) is 0.0556. The van der Waals surface area contributed by atoms with Gasteiger partial charge in [0, 0.05) is 11.6 Å². The predicted octanol–water partition coefficient (Wildman–Crippen LogP) is 1.94. The van der Waals surface area contributed by atoms with Gasteiger partial charge >= 0.3 is 0 Å². The zero-order valence-corrected chi connectivity index (χ0v) is 13.0. The average Bonchev–Trinajstić information content (AvgIpc) is 2.64. The molecular weight excluding hydrogens is 325 g/mol. The molecule has 0 radical (unpaired) electrons. The molecule has 0 aliphatic carbocycles. The van der Waals surface area contributed by atoms with E-state index in [9.17, 15) is 14.0 Å². The highest BCUT2D eigenvalue weighted by Gasteiger charge is 2.07. The number of nitriles is 1. The van der Waals surface area contributed by atoms with Gasteiger partial charge in [0.15, 0.2) is 6.61 Å². The minimum Gasteiger partial charge on any atom is -0.482 e. The van der Waals surface area contributed by atoms with Gasteiger partial charge < -0.3 is 4.74 Å². The van der Waals surface area contributed by atoms with Crippen LogP contribution in [0.1, 0.15) is 11.1 Å². The predicted molar refractivity (Wildman–Crippen MR) is 88.4 cm³/mol. The Labute approximate surface area is 143 Å². The summed E-state index contributed by atoms with van der Waals surface area (Å²) in [5.41, 5.74) is 4.84. The van der Waals surface area contributed by atoms with Crippen LogP contribution >= 0.6 is 0 Å². The van der Waals surface area contributed by atoms with Crippen molar-refractivity contribution < 1.29 is 18.7 Å². The molecule has 0 saturated heterocycles. The Hall–Kier alpha value is -3.66. The van der Waals surface area contributed by atoms with Gasteiger partial charge in [-0.3, -0.25) is 20.4 Å². The molecule has 2 aromatic carbocycles. The number of rotatable bonds is 5. The number of halogens is 1. The monoisotopic (exact) mass is 339 g/mol. The summed E-state index contributed by atoms with van der Waals surface area (Å²) in [6, 6.07) is 14.4. The second-order valence-corrected chi connectivity index (χ2v) is 4.79. The van der Waals surface area contributed by atoms with Crippen molar-refractivity contribution in [1.82, 2.24) is 10.9 Å². The smallest absolute Gasteiger partial charge is 0.276 e. The molecule has 0 aromatic heterocycles. The molecule has 0 atom stereocenters. The zero-order chi connectivity index (χ0) is 18.1. The summed E-state index contributed by atoms with van der Waals surface area (Å²) in [5.74, 6) is -1.43. The van der Waals surface area contributed by atoms with Crippen LogP contribution in [0.2, 0.25) is 0 Å². The highest BCUT2D eigenvalue weighted by Crippen LogP contribution is 2.16. The second kappa shape index (κ2) is 8.84. The summed E-state index contributed by atoms with van der Waals surface area (Å²) in [6.45, 7) is -0.379. The molecule has 2 aromatic rings. The molecular formula is C18H14FN3O3. The first-order valence-corrected chi connectivity index (χ1v) is 7.23. The van der Waals surface area contributed by atoms with Gasteiger partial charge in [-0.05, 0) is 24.3 Å². The molecule has 0 aliphatic rings. The topological polar surface area (TPSA) is 91.2 Å². The third kappa shape index (κ3) is 5.48. The van der Waals surface area contributed by atoms with Crippen molar-refractivity contribution in [3.63, 3.8) is 0 Å². The Morgan fingerprint density at radius 1 is 1.12 bits per heavy atom. The first-order valence-electron chi connectivity index (χ1n) is 7.23. The van der Waals surface area contributed by atoms with E-state index in [0.717, 1.165) is 6.08 Å². The van der Waals surface area contributed by atoms with Gasteiger partial charge in [-0.15, -0.1) is 0 Å². The average molecular weight is 339 g/mol. The molecule has 0 saturated carbocycles. The van der Waals surface area contributed by atoms with Crippen LogP contribution in [0.15, 0.2) is 54.6 Å². The number of hydrazine groups is 1. The van der Waals surface area contributed by atoms with Crippen molar-refractivity contribution >= 4 is 17.9 Å². The van der Waals surface area contributed by atoms with Gasteiger partial charge in [-0.25, -0.2) is 4.39 Å². The number of hydrogen-bond acceptors (Lipinski definition) is 4. The van der Waals surface area contributed by atoms with Crippen molar-refractivity contribution in [2.45, 2.75) is 0 Å². The van der Waals surface area contributed by atoms with Gasteiger partial charge in [0.2, 0.25) is 0 Å². The fourth-order valence-corrected chi connectivity index (χ4v) is 1.81. The summed E-state index contributed by atoms with van der Waals surface area (Å²) in [6.07, 6.45) is 2.38. The van der Waals surface area contributed by atoms with Gasteiger partial charge in [0.1, 0.15) is 17.6 Å². The first-order chi connectivity index (χ1) is 12.1. The maximum Gasteiger partial charge on any atom is 0.276 e. The molecule has 0 unspecified atom stereocenters. The maximum absolute atomic E-state index is 13.4. The molecule has 0 heterocycles. The Balaban J connectivity index is 1.79. The zero-order valence-electron chi connectivity index (χ0n) is 13.0. The normalized spacial score (nSPS) is 10.1. The summed E-state index contributed by atoms with van der Waals surface area (Å²) in [5, 5.41) is 8.91. The van der Waals surface area contributed by atoms with E-state index in [4.69, 9.17) is 10.00 Å². The van der Waals surface area contributed by atoms with Crippen LogP contribution in [-0.2, 0) is 9.59 Å². The number of amides is 2. The van der Waals surface area contributed by atoms with Crippen LogP contribution in [0, 0.1) is 17.1 Å². The van der Waals surface area contributed by atoms with E-state index < -0.39 is 17.6 Å². The Morgan fingerprint density at radius 2 is 1.84 bits per heavy atom. The molecule has 0 bridgehead atoms. The van der Waals surface area contributed by atoms with E-state index >= 15 is 0 Å². The number of benzene rings is 2. The number of carbonyl (C=O) groups excluding carboxylic acids is 2. The van der Waals surface area contributed by atoms with Crippen molar-refractivity contribution in [2.75, 3.05) is 6.61 Å². The standard InChI is InChI=1S/C18H14FN3O3/c19-15-7-3-1-5-13(15)9-10-17(23)21-22-18(24)12-25-16-8-4-2-6-14(16)11-20/h1-10H,12H2,(H,21,23)(H,22,24)/b10-9+. The first kappa shape index (κ1) is 17.7. The summed E-state index contributed by atoms with van der Waals surface area (Å²) in [7, 11) is 0. The van der Waals surface area contributed by atoms with Crippen LogP contribution in [0.25, 0.3) is 6.08 Å². The number of nitrogens with zero attached hydrogens (tertiary/aromatic N) is 1. The van der Waals surface area contributed by atoms with Crippen molar-refractivity contribution in [2.24, 2.45) is 0 Å². The van der Waals surface area contributed by atoms with Crippen LogP contribution in [0.5, 0.6) is 5.75 Å². The molecule has 0 fully saturated rings. The summed E-state index contributed by atoms with van der Waals surface area (Å²) < 4.78 is 18.6. The highest BCUT2D eigenvalue weighted by molar-refractivity contribution is 5.93. The maximum atomic E-state index is 13.4. The van der Waals surface area contributed by atoms with E-state index in [1.165, 1.54) is 24.3 Å². The number of para-hydroxylation sites is 1. The Morgan fingerprint density at radius 3 is 2.60 bits per heavy atom. The number of ether oxygens (including phenoxy) is 1. The minimum atomic E-state index is -0.631. The van der Waals surface area contributed by atoms with Crippen LogP contribution in [0.3, 0.4) is 0 Å². The molecule has 0 spiro atoms. The van der Waals surface area contributed by atoms with Crippen LogP contribution < -0.4 is 15.6 Å². The molecule has 2 rings (SSSR count). The number of nitrogens with one attached hydrogen (secondary N) is 2. The van der Waals surface area contributed by atoms with Gasteiger partial charge in [-0.1, -0.05) is 30.3 Å². The fourth-order valence-electron chi connectivity index (χ4n) is 1.81. The van der Waals surface area contributed by atoms with Crippen molar-refractivity contribution in [3.8, 4) is 11.8 Å². The SMILES string of the molecule is N#Cc1ccccc1OCC(=O)NNC(=O)/C=C/c1ccccc1F. The summed E-state index contributed by atoms with van der Waals surface area (Å²) >= 11 is 0. The molecule has 6 nitrogen and oxygen atoms in total. The molecule has 7 heteroatoms. The van der Waals surface area contributed by atoms with Crippen molar-refractivity contribution in [1.29, 1.82) is 5.26 Å². The van der Waals surface area contributed by atoms with Gasteiger partial charge in [-0.2, -0.15) is 5.26 Å². The molecule has 126 valence electrons. The molecule has 2 N–H and O–H groups in total. The minimum absolute atomic E-state index is 0.250. The Kier molecular flexibility index (Phi) is 6.25. The largest absolute Gasteiger partial charge is 0.482 e. The highest BCUT2D eigenvalue weighted by atomic mass is 19.1. The Bertz CT molecular complexity index is 843. The van der Waals surface area contributed by atoms with E-state index in [-0.39, 0.29) is 17.9 Å². The number of hydrogen-bond donors (Lipinski definition) is 2. The third-order valence-corrected chi connectivity index (χ3v) is 3.01. The van der Waals surface area contributed by atoms with E-state index in [1.54, 1.807) is 30.3 Å². The van der Waals surface area contributed by atoms with Crippen LogP contribution in [-0.4, -0.2) is 18.4 Å². The summed E-state index contributed by atoms with van der Waals surface area (Å²) in [4.78, 5) is 23.2. The van der Waals surface area contributed by atoms with Gasteiger partial charge in [0.25, 0.3) is 11.8 Å². The quantitative estimate of drug-likeness (QED) is 0.643. The molecule has 2 amide bonds. The lowest BCUT2D eigenvalue weighted by atomic mass is 10.2. The lowest BCUT2D eigenvalue weighted by Crippen LogP contribution is -2.43. The molecule has 0 aliphatic heterocycles. The number of carbonyl (C=O) groups is 2. The second-order valence-electron chi connectivity index (χ2n) is 4.79. The van der Waals surface area contributed by atoms with E-state index in [0.29, 0.717) is 5.56 Å². The lowest BCUT2D eigenvalue weighted by molar-refractivity contribution is -0.128.